The molecule has 10 nitrogen and oxygen atoms in total. The van der Waals surface area contributed by atoms with Crippen LogP contribution in [0.25, 0.3) is 0 Å². The Morgan fingerprint density at radius 3 is 2.15 bits per heavy atom. The number of nitrogens with one attached hydrogen (secondary N) is 1. The molecule has 6 atom stereocenters. The maximum atomic E-state index is 15.3. The SMILES string of the molecule is O=C(c1ccccc1)c1ccc(N2C(=O)[C@H]3[C@H](CC=C4[C@H]3C[C@H]3C(=O)N(Nc5ccc(F)cc5)C(=O)[C@@]3(c3ccc(Cl)cc3)[C@H]4c3cc(OC(F)(F)F)ccc3O)C2=O)cc1. The van der Waals surface area contributed by atoms with Crippen LogP contribution >= 0.6 is 11.6 Å². The van der Waals surface area contributed by atoms with Gasteiger partial charge in [-0.25, -0.2) is 4.39 Å². The smallest absolute Gasteiger partial charge is 0.508 e. The maximum Gasteiger partial charge on any atom is 0.573 e. The van der Waals surface area contributed by atoms with Crippen molar-refractivity contribution < 1.29 is 51.4 Å². The highest BCUT2D eigenvalue weighted by molar-refractivity contribution is 6.30. The van der Waals surface area contributed by atoms with E-state index in [2.05, 4.69) is 10.2 Å². The van der Waals surface area contributed by atoms with Gasteiger partial charge in [0.2, 0.25) is 11.8 Å². The third-order valence-electron chi connectivity index (χ3n) is 12.2. The van der Waals surface area contributed by atoms with Crippen molar-refractivity contribution in [3.63, 3.8) is 0 Å². The van der Waals surface area contributed by atoms with Crippen molar-refractivity contribution >= 4 is 52.4 Å². The third-order valence-corrected chi connectivity index (χ3v) is 12.5. The topological polar surface area (TPSA) is 133 Å². The standard InChI is InChI=1S/C46H32ClF4N3O7/c47-27-10-8-26(9-11-27)45-36(42(58)54(44(45)60)52-29-14-12-28(48)13-15-29)23-34-32(39(45)35-22-31(18-21-37(35)55)61-46(49,50)51)19-20-33-38(34)43(59)53(41(33)57)30-16-6-25(7-17-30)40(56)24-4-2-1-3-5-24/h1-19,21-22,33-34,36,38-39,52,55H,20,23H2/t33-,34+,36-,38-,39+,45+/m0/s1. The van der Waals surface area contributed by atoms with E-state index in [4.69, 9.17) is 11.6 Å². The first-order chi connectivity index (χ1) is 29.2. The van der Waals surface area contributed by atoms with Crippen molar-refractivity contribution in [2.75, 3.05) is 10.3 Å². The number of nitrogens with zero attached hydrogens (tertiary/aromatic N) is 2. The number of carbonyl (C=O) groups excluding carboxylic acids is 5. The van der Waals surface area contributed by atoms with Gasteiger partial charge in [-0.05, 0) is 103 Å². The van der Waals surface area contributed by atoms with E-state index >= 15 is 4.79 Å². The van der Waals surface area contributed by atoms with Crippen molar-refractivity contribution in [3.05, 3.63) is 166 Å². The van der Waals surface area contributed by atoms with E-state index in [0.29, 0.717) is 16.7 Å². The second-order valence-corrected chi connectivity index (χ2v) is 15.8. The summed E-state index contributed by atoms with van der Waals surface area (Å²) < 4.78 is 59.3. The van der Waals surface area contributed by atoms with Crippen molar-refractivity contribution in [2.24, 2.45) is 23.7 Å². The second-order valence-electron chi connectivity index (χ2n) is 15.4. The molecule has 4 aliphatic rings. The van der Waals surface area contributed by atoms with Gasteiger partial charge in [0, 0.05) is 27.6 Å². The fraction of sp³-hybridized carbons (Fsp3) is 0.196. The number of ketones is 1. The Kier molecular flexibility index (Phi) is 9.58. The number of amides is 4. The minimum absolute atomic E-state index is 0.0286. The Morgan fingerprint density at radius 2 is 1.48 bits per heavy atom. The van der Waals surface area contributed by atoms with Gasteiger partial charge >= 0.3 is 6.36 Å². The number of ether oxygens (including phenoxy) is 1. The second kappa shape index (κ2) is 14.7. The highest BCUT2D eigenvalue weighted by Gasteiger charge is 2.70. The number of carbonyl (C=O) groups is 5. The van der Waals surface area contributed by atoms with Crippen molar-refractivity contribution in [3.8, 4) is 11.5 Å². The Hall–Kier alpha value is -6.80. The van der Waals surface area contributed by atoms with E-state index in [1.54, 1.807) is 36.4 Å². The number of hydrogen-bond donors (Lipinski definition) is 2. The van der Waals surface area contributed by atoms with Crippen LogP contribution in [0.4, 0.5) is 28.9 Å². The van der Waals surface area contributed by atoms with E-state index in [1.807, 2.05) is 0 Å². The molecule has 2 saturated heterocycles. The number of alkyl halides is 3. The highest BCUT2D eigenvalue weighted by atomic mass is 35.5. The van der Waals surface area contributed by atoms with Gasteiger partial charge in [-0.15, -0.1) is 13.2 Å². The number of rotatable bonds is 8. The molecule has 2 aliphatic heterocycles. The number of imide groups is 2. The maximum absolute atomic E-state index is 15.3. The number of hydrazine groups is 1. The summed E-state index contributed by atoms with van der Waals surface area (Å²) >= 11 is 6.31. The van der Waals surface area contributed by atoms with E-state index in [9.17, 15) is 41.8 Å². The number of anilines is 2. The van der Waals surface area contributed by atoms with Gasteiger partial charge in [0.25, 0.3) is 11.8 Å². The average molecular weight is 850 g/mol. The number of aromatic hydroxyl groups is 1. The lowest BCUT2D eigenvalue weighted by Gasteiger charge is -2.50. The van der Waals surface area contributed by atoms with Crippen LogP contribution < -0.4 is 15.1 Å². The summed E-state index contributed by atoms with van der Waals surface area (Å²) in [6.07, 6.45) is -3.67. The summed E-state index contributed by atoms with van der Waals surface area (Å²) in [5, 5.41) is 12.6. The van der Waals surface area contributed by atoms with Gasteiger partial charge in [-0.1, -0.05) is 65.7 Å². The molecule has 5 aromatic carbocycles. The summed E-state index contributed by atoms with van der Waals surface area (Å²) in [6.45, 7) is 0. The molecule has 2 aliphatic carbocycles. The van der Waals surface area contributed by atoms with Crippen LogP contribution in [0.2, 0.25) is 5.02 Å². The number of allylic oxidation sites excluding steroid dienone is 2. The molecule has 1 saturated carbocycles. The van der Waals surface area contributed by atoms with Crippen molar-refractivity contribution in [2.45, 2.75) is 30.5 Å². The fourth-order valence-electron chi connectivity index (χ4n) is 9.73. The monoisotopic (exact) mass is 849 g/mol. The zero-order chi connectivity index (χ0) is 43.0. The summed E-state index contributed by atoms with van der Waals surface area (Å²) in [4.78, 5) is 73.3. The van der Waals surface area contributed by atoms with Gasteiger partial charge in [-0.2, -0.15) is 5.01 Å². The minimum atomic E-state index is -5.14. The summed E-state index contributed by atoms with van der Waals surface area (Å²) in [5.41, 5.74) is 2.32. The predicted octanol–water partition coefficient (Wildman–Crippen LogP) is 8.50. The molecular formula is C46H32ClF4N3O7. The molecule has 308 valence electrons. The predicted molar refractivity (Wildman–Crippen MR) is 213 cm³/mol. The molecule has 2 N–H and O–H groups in total. The molecule has 0 unspecified atom stereocenters. The zero-order valence-corrected chi connectivity index (χ0v) is 32.4. The quantitative estimate of drug-likeness (QED) is 0.0688. The zero-order valence-electron chi connectivity index (χ0n) is 31.6. The number of hydrogen-bond acceptors (Lipinski definition) is 8. The van der Waals surface area contributed by atoms with Crippen molar-refractivity contribution in [1.82, 2.24) is 5.01 Å². The molecule has 0 spiro atoms. The van der Waals surface area contributed by atoms with Crippen molar-refractivity contribution in [1.29, 1.82) is 0 Å². The number of fused-ring (bicyclic) bond motifs is 4. The van der Waals surface area contributed by atoms with E-state index in [-0.39, 0.29) is 46.1 Å². The number of phenolic OH excluding ortho intramolecular Hbond substituents is 1. The Bertz CT molecular complexity index is 2660. The van der Waals surface area contributed by atoms with Gasteiger partial charge in [0.05, 0.1) is 34.5 Å². The van der Waals surface area contributed by atoms with E-state index in [1.165, 1.54) is 60.7 Å². The molecule has 9 rings (SSSR count). The summed E-state index contributed by atoms with van der Waals surface area (Å²) in [6, 6.07) is 28.3. The average Bonchev–Trinajstić information content (AvgIpc) is 3.62. The van der Waals surface area contributed by atoms with Crippen LogP contribution in [0.5, 0.6) is 11.5 Å². The van der Waals surface area contributed by atoms with Gasteiger partial charge in [0.1, 0.15) is 17.3 Å². The lowest BCUT2D eigenvalue weighted by molar-refractivity contribution is -0.274. The highest BCUT2D eigenvalue weighted by Crippen LogP contribution is 2.65. The van der Waals surface area contributed by atoms with Crippen LogP contribution in [-0.4, -0.2) is 45.9 Å². The molecule has 0 bridgehead atoms. The first kappa shape index (κ1) is 39.6. The van der Waals surface area contributed by atoms with Gasteiger partial charge < -0.3 is 9.84 Å². The molecule has 0 radical (unpaired) electrons. The Labute approximate surface area is 350 Å². The molecular weight excluding hydrogens is 818 g/mol. The van der Waals surface area contributed by atoms with Crippen LogP contribution in [0.1, 0.15) is 45.8 Å². The molecule has 4 amide bonds. The lowest BCUT2D eigenvalue weighted by atomic mass is 9.49. The van der Waals surface area contributed by atoms with Gasteiger partial charge in [-0.3, -0.25) is 34.3 Å². The van der Waals surface area contributed by atoms with Crippen LogP contribution in [0.15, 0.2) is 133 Å². The largest absolute Gasteiger partial charge is 0.573 e. The minimum Gasteiger partial charge on any atom is -0.508 e. The molecule has 0 aromatic heterocycles. The third kappa shape index (κ3) is 6.52. The molecule has 15 heteroatoms. The number of halogens is 5. The van der Waals surface area contributed by atoms with Crippen LogP contribution in [0.3, 0.4) is 0 Å². The number of phenols is 1. The molecule has 5 aromatic rings. The Balaban J connectivity index is 1.18. The van der Waals surface area contributed by atoms with Gasteiger partial charge in [0.15, 0.2) is 5.78 Å². The van der Waals surface area contributed by atoms with E-state index < -0.39 is 82.3 Å². The summed E-state index contributed by atoms with van der Waals surface area (Å²) in [5.74, 6) is -10.6. The first-order valence-electron chi connectivity index (χ1n) is 19.2. The Morgan fingerprint density at radius 1 is 0.803 bits per heavy atom. The normalized spacial score (nSPS) is 24.5. The fourth-order valence-corrected chi connectivity index (χ4v) is 9.86. The molecule has 3 fully saturated rings. The molecule has 2 heterocycles. The van der Waals surface area contributed by atoms with E-state index in [0.717, 1.165) is 40.2 Å². The number of benzene rings is 5. The van der Waals surface area contributed by atoms with Crippen LogP contribution in [0, 0.1) is 29.5 Å². The molecule has 61 heavy (non-hydrogen) atoms. The summed E-state index contributed by atoms with van der Waals surface area (Å²) in [7, 11) is 0. The first-order valence-corrected chi connectivity index (χ1v) is 19.6. The van der Waals surface area contributed by atoms with Crippen LogP contribution in [-0.2, 0) is 24.6 Å². The lowest BCUT2D eigenvalue weighted by Crippen LogP contribution is -2.53.